The molecule has 80 valence electrons. The van der Waals surface area contributed by atoms with Crippen molar-refractivity contribution in [2.45, 2.75) is 6.43 Å². The molecule has 0 aliphatic rings. The fourth-order valence-electron chi connectivity index (χ4n) is 0.932. The van der Waals surface area contributed by atoms with Gasteiger partial charge in [-0.1, -0.05) is 0 Å². The van der Waals surface area contributed by atoms with Gasteiger partial charge in [-0.2, -0.15) is 0 Å². The highest BCUT2D eigenvalue weighted by molar-refractivity contribution is 14.1. The summed E-state index contributed by atoms with van der Waals surface area (Å²) in [6, 6.07) is 0. The average molecular weight is 328 g/mol. The minimum Gasteiger partial charge on any atom is -0.296 e. The molecule has 0 saturated heterocycles. The zero-order valence-electron chi connectivity index (χ0n) is 6.99. The van der Waals surface area contributed by atoms with Crippen molar-refractivity contribution in [3.63, 3.8) is 0 Å². The van der Waals surface area contributed by atoms with Gasteiger partial charge in [-0.25, -0.2) is 8.78 Å². The second-order valence-corrected chi connectivity index (χ2v) is 3.52. The average Bonchev–Trinajstić information content (AvgIpc) is 2.16. The summed E-state index contributed by atoms with van der Waals surface area (Å²) in [6.07, 6.45) is -2.06. The van der Waals surface area contributed by atoms with Crippen LogP contribution in [0.2, 0.25) is 0 Å². The van der Waals surface area contributed by atoms with E-state index in [1.54, 1.807) is 0 Å². The third-order valence-corrected chi connectivity index (χ3v) is 2.64. The van der Waals surface area contributed by atoms with Crippen molar-refractivity contribution < 1.29 is 18.5 Å². The molecule has 0 bridgehead atoms. The summed E-state index contributed by atoms with van der Waals surface area (Å²) >= 11 is 1.45. The van der Waals surface area contributed by atoms with Crippen molar-refractivity contribution in [3.8, 4) is 0 Å². The summed E-state index contributed by atoms with van der Waals surface area (Å²) in [4.78, 5) is 23.4. The summed E-state index contributed by atoms with van der Waals surface area (Å²) in [5.41, 5.74) is -1.76. The third kappa shape index (κ3) is 2.25. The van der Waals surface area contributed by atoms with Crippen molar-refractivity contribution in [3.05, 3.63) is 31.1 Å². The lowest BCUT2D eigenvalue weighted by atomic mass is 10.2. The summed E-state index contributed by atoms with van der Waals surface area (Å²) in [7, 11) is 0. The zero-order chi connectivity index (χ0) is 11.6. The summed E-state index contributed by atoms with van der Waals surface area (Å²) in [5.74, 6) is 0. The molecule has 0 aromatic carbocycles. The molecule has 1 heterocycles. The van der Waals surface area contributed by atoms with Crippen LogP contribution in [-0.2, 0) is 0 Å². The number of aldehydes is 1. The van der Waals surface area contributed by atoms with Crippen LogP contribution in [0.15, 0.2) is 6.20 Å². The highest BCUT2D eigenvalue weighted by Gasteiger charge is 2.27. The normalized spacial score (nSPS) is 10.4. The standard InChI is InChI=1S/C7H3F2IN2O3/c8-7(9)3-1-11-4(2-13)5(10)6(3)12(14)15/h1-2,7H. The van der Waals surface area contributed by atoms with Crippen LogP contribution in [0.5, 0.6) is 0 Å². The van der Waals surface area contributed by atoms with E-state index in [1.165, 1.54) is 22.6 Å². The van der Waals surface area contributed by atoms with Crippen LogP contribution in [-0.4, -0.2) is 16.2 Å². The van der Waals surface area contributed by atoms with Crippen LogP contribution < -0.4 is 0 Å². The van der Waals surface area contributed by atoms with Gasteiger partial charge in [0.25, 0.3) is 12.1 Å². The fourth-order valence-corrected chi connectivity index (χ4v) is 1.71. The van der Waals surface area contributed by atoms with E-state index in [1.807, 2.05) is 0 Å². The lowest BCUT2D eigenvalue weighted by Crippen LogP contribution is -2.04. The van der Waals surface area contributed by atoms with E-state index in [2.05, 4.69) is 4.98 Å². The molecule has 0 spiro atoms. The molecule has 0 saturated carbocycles. The van der Waals surface area contributed by atoms with Crippen molar-refractivity contribution in [2.24, 2.45) is 0 Å². The molecule has 0 amide bonds. The highest BCUT2D eigenvalue weighted by Crippen LogP contribution is 2.32. The van der Waals surface area contributed by atoms with E-state index >= 15 is 0 Å². The number of carbonyl (C=O) groups excluding carboxylic acids is 1. The number of halogens is 3. The van der Waals surface area contributed by atoms with Gasteiger partial charge in [-0.3, -0.25) is 19.9 Å². The molecule has 0 N–H and O–H groups in total. The monoisotopic (exact) mass is 328 g/mol. The molecule has 1 rings (SSSR count). The smallest absolute Gasteiger partial charge is 0.295 e. The first-order valence-electron chi connectivity index (χ1n) is 3.55. The van der Waals surface area contributed by atoms with Gasteiger partial charge in [-0.15, -0.1) is 0 Å². The number of hydrogen-bond donors (Lipinski definition) is 0. The van der Waals surface area contributed by atoms with E-state index in [-0.39, 0.29) is 15.6 Å². The van der Waals surface area contributed by atoms with Gasteiger partial charge < -0.3 is 0 Å². The van der Waals surface area contributed by atoms with Crippen LogP contribution in [0.3, 0.4) is 0 Å². The first kappa shape index (κ1) is 11.9. The Kier molecular flexibility index (Phi) is 3.61. The first-order chi connectivity index (χ1) is 6.99. The topological polar surface area (TPSA) is 73.1 Å². The minimum atomic E-state index is -2.99. The van der Waals surface area contributed by atoms with Gasteiger partial charge in [0.2, 0.25) is 0 Å². The number of pyridine rings is 1. The number of aromatic nitrogens is 1. The Labute approximate surface area is 95.8 Å². The number of alkyl halides is 2. The van der Waals surface area contributed by atoms with Crippen LogP contribution >= 0.6 is 22.6 Å². The summed E-state index contributed by atoms with van der Waals surface area (Å²) in [5, 5.41) is 10.5. The van der Waals surface area contributed by atoms with Crippen molar-refractivity contribution in [2.75, 3.05) is 0 Å². The van der Waals surface area contributed by atoms with E-state index in [0.29, 0.717) is 6.20 Å². The third-order valence-electron chi connectivity index (χ3n) is 1.58. The molecule has 5 nitrogen and oxygen atoms in total. The lowest BCUT2D eigenvalue weighted by molar-refractivity contribution is -0.387. The molecule has 0 aliphatic heterocycles. The number of nitro groups is 1. The molecule has 0 fully saturated rings. The maximum absolute atomic E-state index is 12.4. The second-order valence-electron chi connectivity index (χ2n) is 2.44. The number of hydrogen-bond acceptors (Lipinski definition) is 4. The van der Waals surface area contributed by atoms with Gasteiger partial charge in [0.05, 0.1) is 4.92 Å². The zero-order valence-corrected chi connectivity index (χ0v) is 9.14. The summed E-state index contributed by atoms with van der Waals surface area (Å²) in [6.45, 7) is 0. The van der Waals surface area contributed by atoms with E-state index in [4.69, 9.17) is 0 Å². The predicted octanol–water partition coefficient (Wildman–Crippen LogP) is 2.34. The Morgan fingerprint density at radius 3 is 2.60 bits per heavy atom. The predicted molar refractivity (Wildman–Crippen MR) is 54.0 cm³/mol. The molecule has 0 aliphatic carbocycles. The van der Waals surface area contributed by atoms with Gasteiger partial charge in [-0.05, 0) is 22.6 Å². The summed E-state index contributed by atoms with van der Waals surface area (Å²) < 4.78 is 24.6. The van der Waals surface area contributed by atoms with Crippen LogP contribution in [0.1, 0.15) is 22.5 Å². The second kappa shape index (κ2) is 4.55. The Hall–Kier alpha value is -1.19. The Morgan fingerprint density at radius 2 is 2.20 bits per heavy atom. The van der Waals surface area contributed by atoms with Gasteiger partial charge >= 0.3 is 0 Å². The van der Waals surface area contributed by atoms with E-state index in [9.17, 15) is 23.7 Å². The van der Waals surface area contributed by atoms with E-state index in [0.717, 1.165) is 0 Å². The SMILES string of the molecule is O=Cc1ncc(C(F)F)c([N+](=O)[O-])c1I. The van der Waals surface area contributed by atoms with Crippen molar-refractivity contribution in [1.29, 1.82) is 0 Å². The molecule has 1 aromatic heterocycles. The number of rotatable bonds is 3. The Balaban J connectivity index is 3.51. The number of carbonyl (C=O) groups is 1. The van der Waals surface area contributed by atoms with Crippen LogP contribution in [0.4, 0.5) is 14.5 Å². The quantitative estimate of drug-likeness (QED) is 0.369. The van der Waals surface area contributed by atoms with Crippen LogP contribution in [0, 0.1) is 13.7 Å². The molecular formula is C7H3F2IN2O3. The Morgan fingerprint density at radius 1 is 1.60 bits per heavy atom. The lowest BCUT2D eigenvalue weighted by Gasteiger charge is -2.03. The Bertz CT molecular complexity index is 425. The first-order valence-corrected chi connectivity index (χ1v) is 4.63. The fraction of sp³-hybridized carbons (Fsp3) is 0.143. The minimum absolute atomic E-state index is 0.176. The van der Waals surface area contributed by atoms with Crippen molar-refractivity contribution >= 4 is 34.6 Å². The maximum Gasteiger partial charge on any atom is 0.295 e. The van der Waals surface area contributed by atoms with Gasteiger partial charge in [0, 0.05) is 6.20 Å². The van der Waals surface area contributed by atoms with Crippen LogP contribution in [0.25, 0.3) is 0 Å². The molecule has 1 aromatic rings. The van der Waals surface area contributed by atoms with Gasteiger partial charge in [0.1, 0.15) is 14.8 Å². The molecule has 15 heavy (non-hydrogen) atoms. The van der Waals surface area contributed by atoms with Crippen molar-refractivity contribution in [1.82, 2.24) is 4.98 Å². The highest BCUT2D eigenvalue weighted by atomic mass is 127. The largest absolute Gasteiger partial charge is 0.296 e. The molecule has 0 atom stereocenters. The maximum atomic E-state index is 12.4. The van der Waals surface area contributed by atoms with Gasteiger partial charge in [0.15, 0.2) is 6.29 Å². The number of nitrogens with zero attached hydrogens (tertiary/aromatic N) is 2. The molecule has 8 heteroatoms. The molecule has 0 radical (unpaired) electrons. The molecule has 0 unspecified atom stereocenters. The molecular weight excluding hydrogens is 325 g/mol. The van der Waals surface area contributed by atoms with E-state index < -0.39 is 22.6 Å².